The third-order valence-corrected chi connectivity index (χ3v) is 8.53. The molecule has 0 aromatic heterocycles. The molecule has 40 heavy (non-hydrogen) atoms. The predicted molar refractivity (Wildman–Crippen MR) is 159 cm³/mol. The van der Waals surface area contributed by atoms with Gasteiger partial charge in [-0.2, -0.15) is 0 Å². The molecule has 1 unspecified atom stereocenters. The second-order valence-corrected chi connectivity index (χ2v) is 11.4. The van der Waals surface area contributed by atoms with Crippen LogP contribution in [-0.2, 0) is 20.9 Å². The highest BCUT2D eigenvalue weighted by Gasteiger charge is 2.31. The number of carbonyl (C=O) groups is 3. The first-order valence-corrected chi connectivity index (χ1v) is 14.6. The first-order chi connectivity index (χ1) is 19.3. The fraction of sp³-hybridized carbons (Fsp3) is 0.303. The summed E-state index contributed by atoms with van der Waals surface area (Å²) in [6.07, 6.45) is 3.41. The van der Waals surface area contributed by atoms with Crippen LogP contribution in [0, 0.1) is 19.8 Å². The van der Waals surface area contributed by atoms with Gasteiger partial charge in [-0.25, -0.2) is 0 Å². The van der Waals surface area contributed by atoms with Gasteiger partial charge in [-0.3, -0.25) is 14.4 Å². The van der Waals surface area contributed by atoms with Crippen molar-refractivity contribution >= 4 is 41.3 Å². The molecule has 7 heteroatoms. The third-order valence-electron chi connectivity index (χ3n) is 7.45. The zero-order valence-corrected chi connectivity index (χ0v) is 24.0. The van der Waals surface area contributed by atoms with Gasteiger partial charge in [0.15, 0.2) is 0 Å². The van der Waals surface area contributed by atoms with Crippen LogP contribution in [-0.4, -0.2) is 42.4 Å². The van der Waals surface area contributed by atoms with Crippen molar-refractivity contribution in [1.82, 2.24) is 4.90 Å². The number of amides is 2. The van der Waals surface area contributed by atoms with Crippen LogP contribution in [0.2, 0.25) is 0 Å². The lowest BCUT2D eigenvalue weighted by Crippen LogP contribution is -2.42. The quantitative estimate of drug-likeness (QED) is 0.261. The number of esters is 1. The maximum absolute atomic E-state index is 13.7. The molecule has 0 saturated carbocycles. The van der Waals surface area contributed by atoms with Crippen molar-refractivity contribution in [3.05, 3.63) is 99.5 Å². The minimum Gasteiger partial charge on any atom is -0.466 e. The second kappa shape index (κ2) is 12.1. The summed E-state index contributed by atoms with van der Waals surface area (Å²) in [6.45, 7) is 7.78. The zero-order valence-electron chi connectivity index (χ0n) is 23.2. The molecule has 2 aliphatic rings. The van der Waals surface area contributed by atoms with Crippen LogP contribution in [0.1, 0.15) is 52.4 Å². The molecule has 0 bridgehead atoms. The van der Waals surface area contributed by atoms with E-state index in [0.717, 1.165) is 40.1 Å². The number of likely N-dealkylation sites (tertiary alicyclic amines) is 1. The Morgan fingerprint density at radius 3 is 2.60 bits per heavy atom. The molecule has 3 aromatic carbocycles. The van der Waals surface area contributed by atoms with Crippen molar-refractivity contribution in [2.24, 2.45) is 5.92 Å². The monoisotopic (exact) mass is 554 g/mol. The Kier molecular flexibility index (Phi) is 8.40. The number of hydrogen-bond donors (Lipinski definition) is 0. The van der Waals surface area contributed by atoms with Gasteiger partial charge in [0.05, 0.1) is 29.7 Å². The first-order valence-electron chi connectivity index (χ1n) is 13.8. The maximum Gasteiger partial charge on any atom is 0.310 e. The fourth-order valence-electron chi connectivity index (χ4n) is 5.23. The standard InChI is InChI=1S/C33H34N2O4S/c1-4-39-33(38)26-8-7-17-34(20-26)31(36)25-15-13-24(14-16-25)19-30-32(37)35(28-9-5-6-10-29(28)40-30)21-27-18-22(2)11-12-23(27)3/h5-6,9-16,18-19,26H,4,7-8,17,20-21H2,1-3H3. The highest BCUT2D eigenvalue weighted by Crippen LogP contribution is 2.42. The lowest BCUT2D eigenvalue weighted by Gasteiger charge is -2.31. The molecule has 2 aliphatic heterocycles. The van der Waals surface area contributed by atoms with E-state index in [-0.39, 0.29) is 23.7 Å². The Bertz CT molecular complexity index is 1460. The molecule has 0 N–H and O–H groups in total. The van der Waals surface area contributed by atoms with Gasteiger partial charge >= 0.3 is 5.97 Å². The number of nitrogens with zero attached hydrogens (tertiary/aromatic N) is 2. The average Bonchev–Trinajstić information content (AvgIpc) is 2.97. The SMILES string of the molecule is CCOC(=O)C1CCCN(C(=O)c2ccc(C=C3Sc4ccccc4N(Cc4cc(C)ccc4C)C3=O)cc2)C1. The summed E-state index contributed by atoms with van der Waals surface area (Å²) in [4.78, 5) is 44.4. The average molecular weight is 555 g/mol. The molecule has 0 aliphatic carbocycles. The second-order valence-electron chi connectivity index (χ2n) is 10.4. The summed E-state index contributed by atoms with van der Waals surface area (Å²) < 4.78 is 5.17. The minimum atomic E-state index is -0.273. The topological polar surface area (TPSA) is 66.9 Å². The van der Waals surface area contributed by atoms with Gasteiger partial charge in [-0.1, -0.05) is 59.8 Å². The Morgan fingerprint density at radius 1 is 1.05 bits per heavy atom. The number of ether oxygens (including phenoxy) is 1. The highest BCUT2D eigenvalue weighted by atomic mass is 32.2. The normalized spacial score (nSPS) is 18.0. The molecule has 1 atom stereocenters. The number of hydrogen-bond acceptors (Lipinski definition) is 5. The van der Waals surface area contributed by atoms with E-state index in [2.05, 4.69) is 32.0 Å². The molecule has 1 fully saturated rings. The van der Waals surface area contributed by atoms with Gasteiger partial charge in [-0.05, 0) is 80.6 Å². The molecule has 1 saturated heterocycles. The summed E-state index contributed by atoms with van der Waals surface area (Å²) in [5.41, 5.74) is 5.78. The molecule has 2 amide bonds. The Morgan fingerprint density at radius 2 is 1.82 bits per heavy atom. The summed E-state index contributed by atoms with van der Waals surface area (Å²) >= 11 is 1.47. The maximum atomic E-state index is 13.7. The van der Waals surface area contributed by atoms with Crippen LogP contribution in [0.15, 0.2) is 76.5 Å². The molecular weight excluding hydrogens is 520 g/mol. The van der Waals surface area contributed by atoms with Gasteiger partial charge < -0.3 is 14.5 Å². The number of carbonyl (C=O) groups excluding carboxylic acids is 3. The first kappa shape index (κ1) is 27.7. The Balaban J connectivity index is 1.35. The number of rotatable bonds is 6. The predicted octanol–water partition coefficient (Wildman–Crippen LogP) is 6.40. The van der Waals surface area contributed by atoms with E-state index in [1.165, 1.54) is 17.3 Å². The van der Waals surface area contributed by atoms with Crippen LogP contribution in [0.3, 0.4) is 0 Å². The number of anilines is 1. The van der Waals surface area contributed by atoms with Crippen molar-refractivity contribution in [2.45, 2.75) is 45.1 Å². The molecule has 6 nitrogen and oxygen atoms in total. The highest BCUT2D eigenvalue weighted by molar-refractivity contribution is 8.04. The van der Waals surface area contributed by atoms with Gasteiger partial charge in [0.2, 0.25) is 0 Å². The number of thioether (sulfide) groups is 1. The number of aryl methyl sites for hydroxylation is 2. The Hall–Kier alpha value is -3.84. The Labute approximate surface area is 240 Å². The molecule has 206 valence electrons. The number of benzene rings is 3. The molecule has 3 aromatic rings. The van der Waals surface area contributed by atoms with E-state index in [4.69, 9.17) is 4.74 Å². The zero-order chi connectivity index (χ0) is 28.2. The van der Waals surface area contributed by atoms with E-state index in [0.29, 0.717) is 36.7 Å². The van der Waals surface area contributed by atoms with Crippen molar-refractivity contribution in [1.29, 1.82) is 0 Å². The summed E-state index contributed by atoms with van der Waals surface area (Å²) in [6, 6.07) is 21.6. The van der Waals surface area contributed by atoms with Crippen molar-refractivity contribution < 1.29 is 19.1 Å². The van der Waals surface area contributed by atoms with Crippen LogP contribution in [0.25, 0.3) is 6.08 Å². The van der Waals surface area contributed by atoms with Gasteiger partial charge in [0.25, 0.3) is 11.8 Å². The van der Waals surface area contributed by atoms with Crippen molar-refractivity contribution in [2.75, 3.05) is 24.6 Å². The van der Waals surface area contributed by atoms with Crippen LogP contribution in [0.4, 0.5) is 5.69 Å². The number of piperidine rings is 1. The van der Waals surface area contributed by atoms with E-state index in [1.807, 2.05) is 47.4 Å². The van der Waals surface area contributed by atoms with Gasteiger partial charge in [0.1, 0.15) is 0 Å². The third kappa shape index (κ3) is 5.99. The van der Waals surface area contributed by atoms with Crippen LogP contribution >= 0.6 is 11.8 Å². The van der Waals surface area contributed by atoms with Gasteiger partial charge in [-0.15, -0.1) is 0 Å². The molecular formula is C33H34N2O4S. The van der Waals surface area contributed by atoms with Gasteiger partial charge in [0, 0.05) is 23.5 Å². The van der Waals surface area contributed by atoms with Crippen LogP contribution < -0.4 is 4.90 Å². The molecule has 0 spiro atoms. The smallest absolute Gasteiger partial charge is 0.310 e. The van der Waals surface area contributed by atoms with Crippen molar-refractivity contribution in [3.8, 4) is 0 Å². The fourth-order valence-corrected chi connectivity index (χ4v) is 6.29. The number of fused-ring (bicyclic) bond motifs is 1. The largest absolute Gasteiger partial charge is 0.466 e. The van der Waals surface area contributed by atoms with E-state index in [9.17, 15) is 14.4 Å². The summed E-state index contributed by atoms with van der Waals surface area (Å²) in [5.74, 6) is -0.636. The summed E-state index contributed by atoms with van der Waals surface area (Å²) in [5, 5.41) is 0. The lowest BCUT2D eigenvalue weighted by atomic mass is 9.97. The minimum absolute atomic E-state index is 0.0388. The van der Waals surface area contributed by atoms with E-state index in [1.54, 1.807) is 24.0 Å². The van der Waals surface area contributed by atoms with Crippen LogP contribution in [0.5, 0.6) is 0 Å². The molecule has 0 radical (unpaired) electrons. The van der Waals surface area contributed by atoms with Crippen molar-refractivity contribution in [3.63, 3.8) is 0 Å². The van der Waals surface area contributed by atoms with E-state index < -0.39 is 0 Å². The lowest BCUT2D eigenvalue weighted by molar-refractivity contribution is -0.149. The number of para-hydroxylation sites is 1. The summed E-state index contributed by atoms with van der Waals surface area (Å²) in [7, 11) is 0. The van der Waals surface area contributed by atoms with E-state index >= 15 is 0 Å². The molecule has 2 heterocycles. The molecule has 5 rings (SSSR count).